The predicted molar refractivity (Wildman–Crippen MR) is 91.1 cm³/mol. The van der Waals surface area contributed by atoms with E-state index in [1.54, 1.807) is 0 Å². The predicted octanol–water partition coefficient (Wildman–Crippen LogP) is 5.57. The third-order valence-corrected chi connectivity index (χ3v) is 4.19. The zero-order chi connectivity index (χ0) is 17.9. The van der Waals surface area contributed by atoms with Crippen LogP contribution in [0.15, 0.2) is 84.9 Å². The van der Waals surface area contributed by atoms with E-state index >= 15 is 0 Å². The van der Waals surface area contributed by atoms with E-state index in [1.165, 1.54) is 12.1 Å². The topological polar surface area (TPSA) is 20.2 Å². The monoisotopic (exact) mass is 342 g/mol. The molecule has 0 aliphatic carbocycles. The zero-order valence-corrected chi connectivity index (χ0v) is 13.3. The van der Waals surface area contributed by atoms with Crippen molar-refractivity contribution in [2.24, 2.45) is 0 Å². The Morgan fingerprint density at radius 3 is 1.60 bits per heavy atom. The summed E-state index contributed by atoms with van der Waals surface area (Å²) in [5.74, 6) is -0.453. The highest BCUT2D eigenvalue weighted by Gasteiger charge is 2.32. The standard InChI is InChI=1S/C21H17F3O/c22-21(23,24)18-13-7-12-17(14-18)20(25)19(15-8-3-1-4-9-15)16-10-5-2-6-11-16/h1-14,19-20,25H. The maximum absolute atomic E-state index is 13.0. The quantitative estimate of drug-likeness (QED) is 0.657. The van der Waals surface area contributed by atoms with Gasteiger partial charge in [0.05, 0.1) is 11.7 Å². The summed E-state index contributed by atoms with van der Waals surface area (Å²) in [5.41, 5.74) is 1.17. The normalized spacial score (nSPS) is 13.0. The average Bonchev–Trinajstić information content (AvgIpc) is 2.63. The Labute approximate surface area is 144 Å². The molecule has 1 nitrogen and oxygen atoms in total. The minimum atomic E-state index is -4.44. The molecule has 0 heterocycles. The molecule has 1 atom stereocenters. The molecule has 3 aromatic rings. The van der Waals surface area contributed by atoms with Crippen LogP contribution in [-0.4, -0.2) is 5.11 Å². The summed E-state index contributed by atoms with van der Waals surface area (Å²) in [6.07, 6.45) is -5.53. The zero-order valence-electron chi connectivity index (χ0n) is 13.3. The van der Waals surface area contributed by atoms with Gasteiger partial charge in [0.1, 0.15) is 0 Å². The number of hydrogen-bond acceptors (Lipinski definition) is 1. The van der Waals surface area contributed by atoms with Crippen LogP contribution in [0.3, 0.4) is 0 Å². The first kappa shape index (κ1) is 17.2. The molecule has 0 aliphatic rings. The average molecular weight is 342 g/mol. The van der Waals surface area contributed by atoms with Gasteiger partial charge >= 0.3 is 6.18 Å². The maximum atomic E-state index is 13.0. The molecule has 3 rings (SSSR count). The van der Waals surface area contributed by atoms with E-state index in [1.807, 2.05) is 60.7 Å². The van der Waals surface area contributed by atoms with Gasteiger partial charge in [-0.05, 0) is 28.8 Å². The molecule has 0 fully saturated rings. The molecule has 128 valence electrons. The van der Waals surface area contributed by atoms with Gasteiger partial charge in [-0.3, -0.25) is 0 Å². The Morgan fingerprint density at radius 2 is 1.12 bits per heavy atom. The molecule has 0 amide bonds. The molecule has 0 saturated heterocycles. The Balaban J connectivity index is 2.05. The highest BCUT2D eigenvalue weighted by molar-refractivity contribution is 5.38. The van der Waals surface area contributed by atoms with Crippen LogP contribution in [0.5, 0.6) is 0 Å². The molecule has 1 unspecified atom stereocenters. The molecule has 0 spiro atoms. The van der Waals surface area contributed by atoms with Crippen LogP contribution in [0, 0.1) is 0 Å². The van der Waals surface area contributed by atoms with E-state index in [2.05, 4.69) is 0 Å². The van der Waals surface area contributed by atoms with Crippen LogP contribution in [0.25, 0.3) is 0 Å². The van der Waals surface area contributed by atoms with Crippen LogP contribution >= 0.6 is 0 Å². The molecule has 1 N–H and O–H groups in total. The summed E-state index contributed by atoms with van der Waals surface area (Å²) in [4.78, 5) is 0. The Morgan fingerprint density at radius 1 is 0.640 bits per heavy atom. The van der Waals surface area contributed by atoms with Crippen molar-refractivity contribution in [2.45, 2.75) is 18.2 Å². The number of hydrogen-bond donors (Lipinski definition) is 1. The Kier molecular flexibility index (Phi) is 4.91. The molecular weight excluding hydrogens is 325 g/mol. The first-order chi connectivity index (χ1) is 12.0. The summed E-state index contributed by atoms with van der Waals surface area (Å²) >= 11 is 0. The summed E-state index contributed by atoms with van der Waals surface area (Å²) < 4.78 is 39.0. The number of alkyl halides is 3. The van der Waals surface area contributed by atoms with Crippen molar-refractivity contribution in [1.82, 2.24) is 0 Å². The molecule has 4 heteroatoms. The molecule has 0 aromatic heterocycles. The highest BCUT2D eigenvalue weighted by atomic mass is 19.4. The lowest BCUT2D eigenvalue weighted by molar-refractivity contribution is -0.137. The molecule has 25 heavy (non-hydrogen) atoms. The Bertz CT molecular complexity index is 774. The van der Waals surface area contributed by atoms with E-state index in [0.29, 0.717) is 0 Å². The number of benzene rings is 3. The van der Waals surface area contributed by atoms with Crippen molar-refractivity contribution in [3.05, 3.63) is 107 Å². The van der Waals surface area contributed by atoms with Crippen molar-refractivity contribution >= 4 is 0 Å². The second kappa shape index (κ2) is 7.11. The third-order valence-electron chi connectivity index (χ3n) is 4.19. The number of aliphatic hydroxyl groups is 1. The van der Waals surface area contributed by atoms with Crippen molar-refractivity contribution < 1.29 is 18.3 Å². The SMILES string of the molecule is OC(c1cccc(C(F)(F)F)c1)C(c1ccccc1)c1ccccc1. The lowest BCUT2D eigenvalue weighted by Crippen LogP contribution is -2.14. The molecule has 0 aliphatic heterocycles. The van der Waals surface area contributed by atoms with Gasteiger partial charge in [0.2, 0.25) is 0 Å². The van der Waals surface area contributed by atoms with E-state index < -0.39 is 23.8 Å². The maximum Gasteiger partial charge on any atom is 0.416 e. The first-order valence-corrected chi connectivity index (χ1v) is 7.92. The molecule has 0 bridgehead atoms. The molecule has 0 saturated carbocycles. The summed E-state index contributed by atoms with van der Waals surface area (Å²) in [6, 6.07) is 23.5. The van der Waals surface area contributed by atoms with Gasteiger partial charge in [0.15, 0.2) is 0 Å². The van der Waals surface area contributed by atoms with Crippen LogP contribution in [-0.2, 0) is 6.18 Å². The van der Waals surface area contributed by atoms with Gasteiger partial charge in [-0.25, -0.2) is 0 Å². The number of rotatable bonds is 4. The summed E-state index contributed by atoms with van der Waals surface area (Å²) in [5, 5.41) is 10.9. The fourth-order valence-corrected chi connectivity index (χ4v) is 2.97. The minimum Gasteiger partial charge on any atom is -0.387 e. The molecular formula is C21H17F3O. The van der Waals surface area contributed by atoms with Crippen molar-refractivity contribution in [3.63, 3.8) is 0 Å². The molecule has 3 aromatic carbocycles. The Hall–Kier alpha value is -2.59. The highest BCUT2D eigenvalue weighted by Crippen LogP contribution is 2.38. The second-order valence-electron chi connectivity index (χ2n) is 5.87. The van der Waals surface area contributed by atoms with Gasteiger partial charge in [-0.15, -0.1) is 0 Å². The van der Waals surface area contributed by atoms with Crippen molar-refractivity contribution in [2.75, 3.05) is 0 Å². The van der Waals surface area contributed by atoms with E-state index in [0.717, 1.165) is 23.3 Å². The summed E-state index contributed by atoms with van der Waals surface area (Å²) in [6.45, 7) is 0. The van der Waals surface area contributed by atoms with E-state index in [-0.39, 0.29) is 5.56 Å². The van der Waals surface area contributed by atoms with E-state index in [4.69, 9.17) is 0 Å². The third kappa shape index (κ3) is 3.91. The van der Waals surface area contributed by atoms with Crippen molar-refractivity contribution in [1.29, 1.82) is 0 Å². The lowest BCUT2D eigenvalue weighted by atomic mass is 9.83. The largest absolute Gasteiger partial charge is 0.416 e. The van der Waals surface area contributed by atoms with Gasteiger partial charge < -0.3 is 5.11 Å². The van der Waals surface area contributed by atoms with Gasteiger partial charge in [-0.2, -0.15) is 13.2 Å². The minimum absolute atomic E-state index is 0.243. The van der Waals surface area contributed by atoms with Crippen LogP contribution in [0.2, 0.25) is 0 Å². The van der Waals surface area contributed by atoms with Gasteiger partial charge in [0, 0.05) is 5.92 Å². The summed E-state index contributed by atoms with van der Waals surface area (Å²) in [7, 11) is 0. The van der Waals surface area contributed by atoms with Crippen LogP contribution < -0.4 is 0 Å². The van der Waals surface area contributed by atoms with Crippen molar-refractivity contribution in [3.8, 4) is 0 Å². The van der Waals surface area contributed by atoms with Gasteiger partial charge in [-0.1, -0.05) is 72.8 Å². The van der Waals surface area contributed by atoms with Crippen LogP contribution in [0.4, 0.5) is 13.2 Å². The second-order valence-corrected chi connectivity index (χ2v) is 5.87. The number of aliphatic hydroxyl groups excluding tert-OH is 1. The number of halogens is 3. The fraction of sp³-hybridized carbons (Fsp3) is 0.143. The van der Waals surface area contributed by atoms with E-state index in [9.17, 15) is 18.3 Å². The smallest absolute Gasteiger partial charge is 0.387 e. The molecule has 0 radical (unpaired) electrons. The first-order valence-electron chi connectivity index (χ1n) is 7.92. The fourth-order valence-electron chi connectivity index (χ4n) is 2.97. The van der Waals surface area contributed by atoms with Gasteiger partial charge in [0.25, 0.3) is 0 Å². The lowest BCUT2D eigenvalue weighted by Gasteiger charge is -2.25. The van der Waals surface area contributed by atoms with Crippen LogP contribution in [0.1, 0.15) is 34.3 Å².